The lowest BCUT2D eigenvalue weighted by molar-refractivity contribution is -0.114. The van der Waals surface area contributed by atoms with Gasteiger partial charge >= 0.3 is 6.18 Å². The number of carbonyl (C=O) groups is 1. The van der Waals surface area contributed by atoms with Gasteiger partial charge in [0.15, 0.2) is 5.84 Å². The van der Waals surface area contributed by atoms with E-state index in [0.29, 0.717) is 10.6 Å². The van der Waals surface area contributed by atoms with Crippen molar-refractivity contribution < 1.29 is 18.0 Å². The summed E-state index contributed by atoms with van der Waals surface area (Å²) in [6.45, 7) is 3.68. The van der Waals surface area contributed by atoms with Gasteiger partial charge in [0.1, 0.15) is 0 Å². The van der Waals surface area contributed by atoms with Crippen LogP contribution in [0.2, 0.25) is 5.02 Å². The highest BCUT2D eigenvalue weighted by molar-refractivity contribution is 8.27. The fraction of sp³-hybridized carbons (Fsp3) is 0.158. The molecule has 11 heteroatoms. The van der Waals surface area contributed by atoms with Gasteiger partial charge in [-0.1, -0.05) is 23.7 Å². The molecule has 2 aromatic rings. The normalized spacial score (nSPS) is 18.1. The monoisotopic (exact) mass is 451 g/mol. The Morgan fingerprint density at radius 1 is 1.23 bits per heavy atom. The van der Waals surface area contributed by atoms with Crippen LogP contribution >= 0.6 is 23.4 Å². The van der Waals surface area contributed by atoms with Gasteiger partial charge in [0.05, 0.1) is 16.3 Å². The number of alkyl halides is 3. The maximum atomic E-state index is 12.9. The van der Waals surface area contributed by atoms with E-state index in [0.717, 1.165) is 22.1 Å². The highest BCUT2D eigenvalue weighted by Crippen LogP contribution is 2.35. The molecule has 30 heavy (non-hydrogen) atoms. The molecule has 0 spiro atoms. The van der Waals surface area contributed by atoms with Crippen LogP contribution in [0.1, 0.15) is 17.0 Å². The molecule has 0 unspecified atom stereocenters. The number of aliphatic imine (C=N–C) groups is 1. The fourth-order valence-electron chi connectivity index (χ4n) is 3.20. The Morgan fingerprint density at radius 3 is 2.60 bits per heavy atom. The number of nitrogens with one attached hydrogen (secondary N) is 1. The number of hydrogen-bond acceptors (Lipinski definition) is 4. The molecular weight excluding hydrogens is 439 g/mol. The first-order chi connectivity index (χ1) is 14.1. The summed E-state index contributed by atoms with van der Waals surface area (Å²) in [6.07, 6.45) is -3.25. The SMILES string of the molecule is Cc1cc(C=C2C(=N)N3N=C(C(F)(F)F)SC3=NC2=O)c(C)n1-c1ccccc1Cl. The van der Waals surface area contributed by atoms with Crippen LogP contribution in [0.15, 0.2) is 46.0 Å². The molecule has 4 rings (SSSR count). The molecule has 0 radical (unpaired) electrons. The second-order valence-corrected chi connectivity index (χ2v) is 7.90. The van der Waals surface area contributed by atoms with Crippen molar-refractivity contribution in [1.82, 2.24) is 9.58 Å². The molecule has 0 saturated heterocycles. The Bertz CT molecular complexity index is 1200. The maximum Gasteiger partial charge on any atom is 0.441 e. The van der Waals surface area contributed by atoms with Crippen molar-refractivity contribution in [3.8, 4) is 5.69 Å². The number of fused-ring (bicyclic) bond motifs is 1. The topological polar surface area (TPSA) is 73.8 Å². The molecule has 6 nitrogen and oxygen atoms in total. The Balaban J connectivity index is 1.76. The zero-order valence-electron chi connectivity index (χ0n) is 15.6. The molecule has 2 aliphatic heterocycles. The van der Waals surface area contributed by atoms with Crippen LogP contribution in [0.25, 0.3) is 11.8 Å². The zero-order chi connectivity index (χ0) is 21.8. The lowest BCUT2D eigenvalue weighted by Crippen LogP contribution is -2.35. The number of nitrogens with zero attached hydrogens (tertiary/aromatic N) is 4. The molecule has 0 atom stereocenters. The third kappa shape index (κ3) is 3.35. The average Bonchev–Trinajstić information content (AvgIpc) is 3.21. The van der Waals surface area contributed by atoms with Crippen LogP contribution in [-0.2, 0) is 4.79 Å². The van der Waals surface area contributed by atoms with Crippen LogP contribution < -0.4 is 0 Å². The minimum Gasteiger partial charge on any atom is -0.316 e. The van der Waals surface area contributed by atoms with E-state index in [9.17, 15) is 18.0 Å². The molecule has 0 saturated carbocycles. The first-order valence-electron chi connectivity index (χ1n) is 8.59. The Morgan fingerprint density at radius 2 is 1.93 bits per heavy atom. The molecule has 1 aromatic heterocycles. The van der Waals surface area contributed by atoms with Crippen LogP contribution in [0.4, 0.5) is 13.2 Å². The summed E-state index contributed by atoms with van der Waals surface area (Å²) in [7, 11) is 0. The average molecular weight is 452 g/mol. The number of amidine groups is 2. The van der Waals surface area contributed by atoms with Crippen molar-refractivity contribution in [3.63, 3.8) is 0 Å². The summed E-state index contributed by atoms with van der Waals surface area (Å²) in [5.41, 5.74) is 2.80. The van der Waals surface area contributed by atoms with Gasteiger partial charge < -0.3 is 4.57 Å². The van der Waals surface area contributed by atoms with Crippen molar-refractivity contribution in [2.24, 2.45) is 10.1 Å². The van der Waals surface area contributed by atoms with Crippen molar-refractivity contribution in [2.75, 3.05) is 0 Å². The zero-order valence-corrected chi connectivity index (χ0v) is 17.2. The number of halogens is 4. The molecule has 1 aromatic carbocycles. The molecule has 0 fully saturated rings. The van der Waals surface area contributed by atoms with E-state index < -0.39 is 23.0 Å². The maximum absolute atomic E-state index is 12.9. The molecular formula is C19H13ClF3N5OS. The van der Waals surface area contributed by atoms with Crippen LogP contribution in [0, 0.1) is 19.3 Å². The summed E-state index contributed by atoms with van der Waals surface area (Å²) in [5, 5.41) is 11.4. The van der Waals surface area contributed by atoms with E-state index >= 15 is 0 Å². The van der Waals surface area contributed by atoms with E-state index in [-0.39, 0.29) is 22.5 Å². The number of para-hydroxylation sites is 1. The number of hydrazone groups is 1. The largest absolute Gasteiger partial charge is 0.441 e. The van der Waals surface area contributed by atoms with E-state index in [1.54, 1.807) is 12.1 Å². The van der Waals surface area contributed by atoms with Crippen LogP contribution in [0.3, 0.4) is 0 Å². The third-order valence-electron chi connectivity index (χ3n) is 4.56. The second kappa shape index (κ2) is 7.13. The Labute approximate surface area is 178 Å². The number of hydrogen-bond donors (Lipinski definition) is 1. The number of rotatable bonds is 2. The first kappa shape index (κ1) is 20.4. The number of benzene rings is 1. The Kier molecular flexibility index (Phi) is 4.86. The predicted molar refractivity (Wildman–Crippen MR) is 111 cm³/mol. The van der Waals surface area contributed by atoms with E-state index in [1.807, 2.05) is 36.6 Å². The van der Waals surface area contributed by atoms with Crippen molar-refractivity contribution >= 4 is 51.4 Å². The summed E-state index contributed by atoms with van der Waals surface area (Å²) < 4.78 is 40.7. The van der Waals surface area contributed by atoms with Crippen molar-refractivity contribution in [2.45, 2.75) is 20.0 Å². The van der Waals surface area contributed by atoms with Crippen LogP contribution in [0.5, 0.6) is 0 Å². The number of amides is 1. The number of thioether (sulfide) groups is 1. The van der Waals surface area contributed by atoms with E-state index in [4.69, 9.17) is 17.0 Å². The lowest BCUT2D eigenvalue weighted by Gasteiger charge is -2.20. The predicted octanol–water partition coefficient (Wildman–Crippen LogP) is 4.93. The number of aryl methyl sites for hydroxylation is 1. The minimum atomic E-state index is -4.68. The smallest absolute Gasteiger partial charge is 0.316 e. The number of aromatic nitrogens is 1. The number of carbonyl (C=O) groups excluding carboxylic acids is 1. The summed E-state index contributed by atoms with van der Waals surface area (Å²) in [4.78, 5) is 16.1. The highest BCUT2D eigenvalue weighted by Gasteiger charge is 2.46. The molecule has 0 bridgehead atoms. The quantitative estimate of drug-likeness (QED) is 0.658. The Hall–Kier alpha value is -2.85. The van der Waals surface area contributed by atoms with E-state index in [2.05, 4.69) is 10.1 Å². The molecule has 0 aliphatic carbocycles. The highest BCUT2D eigenvalue weighted by atomic mass is 35.5. The van der Waals surface area contributed by atoms with Gasteiger partial charge in [-0.25, -0.2) is 0 Å². The van der Waals surface area contributed by atoms with Gasteiger partial charge in [-0.2, -0.15) is 28.3 Å². The third-order valence-corrected chi connectivity index (χ3v) is 5.83. The van der Waals surface area contributed by atoms with Gasteiger partial charge in [-0.15, -0.1) is 0 Å². The van der Waals surface area contributed by atoms with Gasteiger partial charge in [0, 0.05) is 11.4 Å². The van der Waals surface area contributed by atoms with E-state index in [1.165, 1.54) is 6.08 Å². The molecule has 2 aliphatic rings. The second-order valence-electron chi connectivity index (χ2n) is 6.54. The summed E-state index contributed by atoms with van der Waals surface area (Å²) in [5.74, 6) is -1.25. The van der Waals surface area contributed by atoms with Gasteiger partial charge in [0.2, 0.25) is 10.2 Å². The van der Waals surface area contributed by atoms with Gasteiger partial charge in [0.25, 0.3) is 5.91 Å². The first-order valence-corrected chi connectivity index (χ1v) is 9.78. The van der Waals surface area contributed by atoms with Crippen LogP contribution in [-0.4, -0.2) is 37.7 Å². The van der Waals surface area contributed by atoms with Gasteiger partial charge in [-0.05, 0) is 55.4 Å². The molecule has 3 heterocycles. The lowest BCUT2D eigenvalue weighted by atomic mass is 10.1. The standard InChI is InChI=1S/C19H13ClF3N5OS/c1-9-7-11(10(2)27(9)14-6-4-3-5-13(14)20)8-12-15(24)28-18(25-16(12)29)30-17(26-28)19(21,22)23/h3-8,24H,1-2H3. The molecule has 154 valence electrons. The summed E-state index contributed by atoms with van der Waals surface area (Å²) >= 11 is 6.52. The van der Waals surface area contributed by atoms with Gasteiger partial charge in [-0.3, -0.25) is 10.2 Å². The molecule has 1 amide bonds. The molecule has 1 N–H and O–H groups in total. The van der Waals surface area contributed by atoms with Crippen molar-refractivity contribution in [1.29, 1.82) is 5.41 Å². The fourth-order valence-corrected chi connectivity index (χ4v) is 4.18. The minimum absolute atomic E-state index is 0.147. The summed E-state index contributed by atoms with van der Waals surface area (Å²) in [6, 6.07) is 9.05. The van der Waals surface area contributed by atoms with Crippen molar-refractivity contribution in [3.05, 3.63) is 57.9 Å².